The number of anilines is 2. The van der Waals surface area contributed by atoms with Crippen molar-refractivity contribution < 1.29 is 4.74 Å². The average molecular weight is 421 g/mol. The number of nitrogens with zero attached hydrogens (tertiary/aromatic N) is 2. The summed E-state index contributed by atoms with van der Waals surface area (Å²) in [6, 6.07) is 15.0. The first-order chi connectivity index (χ1) is 13.0. The standard InChI is InChI=1S/C19H18Cl2N4OS/c1-2-26-17-6-4-3-5-16(17)22-19(27)23-18-9-10-25(24-18)12-13-7-8-14(20)15(21)11-13/h3-11H,2,12H2,1H3,(H2,22,23,24,27). The molecule has 0 aliphatic carbocycles. The SMILES string of the molecule is CCOc1ccccc1NC(=S)Nc1ccn(Cc2ccc(Cl)c(Cl)c2)n1. The van der Waals surface area contributed by atoms with Crippen molar-refractivity contribution >= 4 is 52.0 Å². The zero-order chi connectivity index (χ0) is 19.2. The van der Waals surface area contributed by atoms with Gasteiger partial charge in [-0.1, -0.05) is 41.4 Å². The van der Waals surface area contributed by atoms with E-state index in [-0.39, 0.29) is 0 Å². The smallest absolute Gasteiger partial charge is 0.176 e. The first-order valence-corrected chi connectivity index (χ1v) is 9.49. The molecule has 1 aromatic heterocycles. The average Bonchev–Trinajstić information content (AvgIpc) is 3.07. The van der Waals surface area contributed by atoms with Crippen LogP contribution in [-0.2, 0) is 6.54 Å². The van der Waals surface area contributed by atoms with E-state index in [0.29, 0.717) is 34.1 Å². The zero-order valence-corrected chi connectivity index (χ0v) is 16.9. The maximum absolute atomic E-state index is 6.06. The molecular formula is C19H18Cl2N4OS. The summed E-state index contributed by atoms with van der Waals surface area (Å²) in [5.74, 6) is 1.38. The van der Waals surface area contributed by atoms with Gasteiger partial charge < -0.3 is 15.4 Å². The summed E-state index contributed by atoms with van der Waals surface area (Å²) in [7, 11) is 0. The van der Waals surface area contributed by atoms with E-state index in [1.165, 1.54) is 0 Å². The van der Waals surface area contributed by atoms with Crippen molar-refractivity contribution in [2.24, 2.45) is 0 Å². The van der Waals surface area contributed by atoms with Crippen LogP contribution in [0, 0.1) is 0 Å². The minimum Gasteiger partial charge on any atom is -0.492 e. The molecular weight excluding hydrogens is 403 g/mol. The van der Waals surface area contributed by atoms with E-state index in [1.54, 1.807) is 10.7 Å². The highest BCUT2D eigenvalue weighted by Gasteiger charge is 2.07. The topological polar surface area (TPSA) is 51.1 Å². The number of nitrogens with one attached hydrogen (secondary N) is 2. The van der Waals surface area contributed by atoms with E-state index in [4.69, 9.17) is 40.2 Å². The fourth-order valence-corrected chi connectivity index (χ4v) is 3.00. The van der Waals surface area contributed by atoms with Crippen molar-refractivity contribution in [3.8, 4) is 5.75 Å². The molecule has 3 aromatic rings. The van der Waals surface area contributed by atoms with Crippen LogP contribution >= 0.6 is 35.4 Å². The Morgan fingerprint density at radius 2 is 1.93 bits per heavy atom. The number of hydrogen-bond donors (Lipinski definition) is 2. The Morgan fingerprint density at radius 1 is 1.11 bits per heavy atom. The number of benzene rings is 2. The third-order valence-corrected chi connectivity index (χ3v) is 4.59. The van der Waals surface area contributed by atoms with Crippen molar-refractivity contribution in [3.63, 3.8) is 0 Å². The second kappa shape index (κ2) is 9.08. The molecule has 0 saturated heterocycles. The summed E-state index contributed by atoms with van der Waals surface area (Å²) in [5.41, 5.74) is 1.80. The second-order valence-electron chi connectivity index (χ2n) is 5.66. The van der Waals surface area contributed by atoms with Gasteiger partial charge >= 0.3 is 0 Å². The van der Waals surface area contributed by atoms with Gasteiger partial charge in [0.15, 0.2) is 10.9 Å². The third-order valence-electron chi connectivity index (χ3n) is 3.65. The van der Waals surface area contributed by atoms with E-state index >= 15 is 0 Å². The van der Waals surface area contributed by atoms with Crippen LogP contribution in [0.4, 0.5) is 11.5 Å². The summed E-state index contributed by atoms with van der Waals surface area (Å²) in [5, 5.41) is 12.2. The number of hydrogen-bond acceptors (Lipinski definition) is 3. The summed E-state index contributed by atoms with van der Waals surface area (Å²) in [4.78, 5) is 0. The van der Waals surface area contributed by atoms with Gasteiger partial charge in [0.1, 0.15) is 5.75 Å². The molecule has 1 heterocycles. The lowest BCUT2D eigenvalue weighted by Gasteiger charge is -2.13. The molecule has 2 N–H and O–H groups in total. The van der Waals surface area contributed by atoms with Gasteiger partial charge in [-0.15, -0.1) is 0 Å². The molecule has 27 heavy (non-hydrogen) atoms. The molecule has 3 rings (SSSR count). The Hall–Kier alpha value is -2.28. The Balaban J connectivity index is 1.62. The van der Waals surface area contributed by atoms with Crippen LogP contribution in [0.25, 0.3) is 0 Å². The highest BCUT2D eigenvalue weighted by Crippen LogP contribution is 2.24. The van der Waals surface area contributed by atoms with E-state index < -0.39 is 0 Å². The Morgan fingerprint density at radius 3 is 2.70 bits per heavy atom. The normalized spacial score (nSPS) is 10.5. The summed E-state index contributed by atoms with van der Waals surface area (Å²) in [6.45, 7) is 3.10. The largest absolute Gasteiger partial charge is 0.492 e. The van der Waals surface area contributed by atoms with Gasteiger partial charge in [-0.25, -0.2) is 0 Å². The molecule has 5 nitrogen and oxygen atoms in total. The molecule has 2 aromatic carbocycles. The predicted octanol–water partition coefficient (Wildman–Crippen LogP) is 5.45. The molecule has 140 valence electrons. The minimum absolute atomic E-state index is 0.432. The maximum Gasteiger partial charge on any atom is 0.176 e. The number of para-hydroxylation sites is 2. The molecule has 0 unspecified atom stereocenters. The van der Waals surface area contributed by atoms with Gasteiger partial charge in [-0.05, 0) is 49.0 Å². The molecule has 0 spiro atoms. The first kappa shape index (κ1) is 19.5. The summed E-state index contributed by atoms with van der Waals surface area (Å²) in [6.07, 6.45) is 1.86. The third kappa shape index (κ3) is 5.35. The van der Waals surface area contributed by atoms with Crippen LogP contribution in [0.5, 0.6) is 5.75 Å². The Labute approximate surface area is 173 Å². The molecule has 0 bridgehead atoms. The molecule has 8 heteroatoms. The van der Waals surface area contributed by atoms with Crippen molar-refractivity contribution in [2.45, 2.75) is 13.5 Å². The number of rotatable bonds is 6. The highest BCUT2D eigenvalue weighted by molar-refractivity contribution is 7.80. The van der Waals surface area contributed by atoms with Crippen molar-refractivity contribution in [2.75, 3.05) is 17.2 Å². The number of thiocarbonyl (C=S) groups is 1. The van der Waals surface area contributed by atoms with Crippen LogP contribution in [0.15, 0.2) is 54.7 Å². The molecule has 0 aliphatic rings. The molecule has 0 amide bonds. The van der Waals surface area contributed by atoms with E-state index in [0.717, 1.165) is 17.0 Å². The Kier molecular flexibility index (Phi) is 6.55. The van der Waals surface area contributed by atoms with Gasteiger partial charge in [0.05, 0.1) is 28.9 Å². The van der Waals surface area contributed by atoms with E-state index in [1.807, 2.05) is 55.6 Å². The van der Waals surface area contributed by atoms with Gasteiger partial charge in [-0.3, -0.25) is 4.68 Å². The molecule has 0 atom stereocenters. The predicted molar refractivity (Wildman–Crippen MR) is 115 cm³/mol. The quantitative estimate of drug-likeness (QED) is 0.519. The van der Waals surface area contributed by atoms with Gasteiger partial charge in [0.2, 0.25) is 0 Å². The van der Waals surface area contributed by atoms with Crippen molar-refractivity contribution in [1.29, 1.82) is 0 Å². The number of halogens is 2. The van der Waals surface area contributed by atoms with Crippen LogP contribution in [0.2, 0.25) is 10.0 Å². The van der Waals surface area contributed by atoms with Crippen LogP contribution in [0.1, 0.15) is 12.5 Å². The van der Waals surface area contributed by atoms with Crippen LogP contribution < -0.4 is 15.4 Å². The minimum atomic E-state index is 0.432. The monoisotopic (exact) mass is 420 g/mol. The lowest BCUT2D eigenvalue weighted by Crippen LogP contribution is -2.20. The highest BCUT2D eigenvalue weighted by atomic mass is 35.5. The van der Waals surface area contributed by atoms with Gasteiger partial charge in [0, 0.05) is 12.3 Å². The lowest BCUT2D eigenvalue weighted by atomic mass is 10.2. The first-order valence-electron chi connectivity index (χ1n) is 8.32. The number of aromatic nitrogens is 2. The fraction of sp³-hybridized carbons (Fsp3) is 0.158. The molecule has 0 aliphatic heterocycles. The van der Waals surface area contributed by atoms with Crippen LogP contribution in [0.3, 0.4) is 0 Å². The Bertz CT molecular complexity index is 945. The van der Waals surface area contributed by atoms with Gasteiger partial charge in [0.25, 0.3) is 0 Å². The molecule has 0 saturated carbocycles. The van der Waals surface area contributed by atoms with Gasteiger partial charge in [-0.2, -0.15) is 5.10 Å². The van der Waals surface area contributed by atoms with Crippen molar-refractivity contribution in [1.82, 2.24) is 9.78 Å². The van der Waals surface area contributed by atoms with Crippen LogP contribution in [-0.4, -0.2) is 21.5 Å². The fourth-order valence-electron chi connectivity index (χ4n) is 2.46. The maximum atomic E-state index is 6.06. The second-order valence-corrected chi connectivity index (χ2v) is 6.88. The number of ether oxygens (including phenoxy) is 1. The summed E-state index contributed by atoms with van der Waals surface area (Å²) >= 11 is 17.4. The van der Waals surface area contributed by atoms with Crippen molar-refractivity contribution in [3.05, 3.63) is 70.3 Å². The molecule has 0 radical (unpaired) electrons. The lowest BCUT2D eigenvalue weighted by molar-refractivity contribution is 0.342. The van der Waals surface area contributed by atoms with E-state index in [2.05, 4.69) is 15.7 Å². The zero-order valence-electron chi connectivity index (χ0n) is 14.6. The van der Waals surface area contributed by atoms with E-state index in [9.17, 15) is 0 Å². The summed E-state index contributed by atoms with van der Waals surface area (Å²) < 4.78 is 7.38. The molecule has 0 fully saturated rings.